The summed E-state index contributed by atoms with van der Waals surface area (Å²) in [5.74, 6) is -3.78. The van der Waals surface area contributed by atoms with E-state index in [1.54, 1.807) is 20.2 Å². The van der Waals surface area contributed by atoms with Crippen LogP contribution >= 0.6 is 0 Å². The zero-order chi connectivity index (χ0) is 13.6. The van der Waals surface area contributed by atoms with Crippen molar-refractivity contribution >= 4 is 5.97 Å². The fraction of sp³-hybridized carbons (Fsp3) is 0.667. The van der Waals surface area contributed by atoms with Crippen LogP contribution in [0.4, 0.5) is 8.78 Å². The van der Waals surface area contributed by atoms with Crippen molar-refractivity contribution < 1.29 is 18.7 Å². The van der Waals surface area contributed by atoms with Crippen LogP contribution in [0.15, 0.2) is 6.20 Å². The summed E-state index contributed by atoms with van der Waals surface area (Å²) in [5, 5.41) is 13.5. The molecule has 0 bridgehead atoms. The number of carboxylic acids is 1. The molecule has 100 valence electrons. The summed E-state index contributed by atoms with van der Waals surface area (Å²) in [6.45, 7) is 1.76. The Balaban J connectivity index is 2.45. The Kier molecular flexibility index (Phi) is 2.91. The lowest BCUT2D eigenvalue weighted by atomic mass is 9.69. The van der Waals surface area contributed by atoms with E-state index in [2.05, 4.69) is 5.10 Å². The molecule has 4 nitrogen and oxygen atoms in total. The van der Waals surface area contributed by atoms with E-state index in [1.807, 2.05) is 0 Å². The fourth-order valence-corrected chi connectivity index (χ4v) is 2.83. The molecule has 2 rings (SSSR count). The molecule has 6 heteroatoms. The van der Waals surface area contributed by atoms with E-state index >= 15 is 0 Å². The fourth-order valence-electron chi connectivity index (χ4n) is 2.83. The van der Waals surface area contributed by atoms with Crippen LogP contribution in [0, 0.1) is 6.92 Å². The summed E-state index contributed by atoms with van der Waals surface area (Å²) in [4.78, 5) is 11.6. The predicted octanol–water partition coefficient (Wildman–Crippen LogP) is 2.26. The van der Waals surface area contributed by atoms with Gasteiger partial charge in [-0.25, -0.2) is 8.78 Å². The highest BCUT2D eigenvalue weighted by molar-refractivity contribution is 5.81. The Morgan fingerprint density at radius 2 is 1.94 bits per heavy atom. The lowest BCUT2D eigenvalue weighted by molar-refractivity contribution is -0.149. The summed E-state index contributed by atoms with van der Waals surface area (Å²) >= 11 is 0. The van der Waals surface area contributed by atoms with Gasteiger partial charge in [-0.15, -0.1) is 0 Å². The van der Waals surface area contributed by atoms with Crippen LogP contribution in [0.1, 0.15) is 36.9 Å². The summed E-state index contributed by atoms with van der Waals surface area (Å²) in [7, 11) is 1.65. The lowest BCUT2D eigenvalue weighted by Gasteiger charge is -2.37. The van der Waals surface area contributed by atoms with Crippen LogP contribution in [-0.4, -0.2) is 26.8 Å². The van der Waals surface area contributed by atoms with Crippen molar-refractivity contribution in [1.29, 1.82) is 0 Å². The molecular formula is C12H16F2N2O2. The van der Waals surface area contributed by atoms with Gasteiger partial charge >= 0.3 is 5.97 Å². The average Bonchev–Trinajstić information content (AvgIpc) is 2.60. The molecule has 0 aromatic carbocycles. The summed E-state index contributed by atoms with van der Waals surface area (Å²) in [6, 6.07) is 0. The maximum Gasteiger partial charge on any atom is 0.315 e. The molecule has 1 aromatic rings. The molecule has 1 aliphatic rings. The molecule has 0 unspecified atom stereocenters. The molecule has 1 N–H and O–H groups in total. The van der Waals surface area contributed by atoms with Gasteiger partial charge in [0.2, 0.25) is 5.92 Å². The SMILES string of the molecule is Cc1cnn(C)c1C1(C(=O)O)CCC(F)(F)CC1. The first-order valence-electron chi connectivity index (χ1n) is 5.89. The molecule has 0 radical (unpaired) electrons. The van der Waals surface area contributed by atoms with Crippen molar-refractivity contribution in [2.75, 3.05) is 0 Å². The average molecular weight is 258 g/mol. The number of carboxylic acid groups (broad SMARTS) is 1. The Labute approximate surface area is 104 Å². The molecule has 0 amide bonds. The molecule has 1 aromatic heterocycles. The monoisotopic (exact) mass is 258 g/mol. The van der Waals surface area contributed by atoms with Crippen molar-refractivity contribution in [3.63, 3.8) is 0 Å². The van der Waals surface area contributed by atoms with Gasteiger partial charge in [0.05, 0.1) is 11.9 Å². The standard InChI is InChI=1S/C12H16F2N2O2/c1-8-7-15-16(2)9(8)11(10(17)18)3-5-12(13,14)6-4-11/h7H,3-6H2,1-2H3,(H,17,18). The van der Waals surface area contributed by atoms with Gasteiger partial charge in [0.1, 0.15) is 5.41 Å². The van der Waals surface area contributed by atoms with Gasteiger partial charge < -0.3 is 5.11 Å². The Morgan fingerprint density at radius 3 is 2.33 bits per heavy atom. The van der Waals surface area contributed by atoms with E-state index in [-0.39, 0.29) is 25.7 Å². The largest absolute Gasteiger partial charge is 0.481 e. The molecule has 0 spiro atoms. The van der Waals surface area contributed by atoms with Crippen LogP contribution in [-0.2, 0) is 17.3 Å². The number of rotatable bonds is 2. The molecular weight excluding hydrogens is 242 g/mol. The van der Waals surface area contributed by atoms with Gasteiger partial charge in [0, 0.05) is 19.9 Å². The number of halogens is 2. The Morgan fingerprint density at radius 1 is 1.39 bits per heavy atom. The third-order valence-electron chi connectivity index (χ3n) is 3.82. The number of aliphatic carboxylic acids is 1. The molecule has 1 heterocycles. The molecule has 0 aliphatic heterocycles. The van der Waals surface area contributed by atoms with Gasteiger partial charge in [0.15, 0.2) is 0 Å². The lowest BCUT2D eigenvalue weighted by Crippen LogP contribution is -2.44. The van der Waals surface area contributed by atoms with Gasteiger partial charge in [-0.2, -0.15) is 5.10 Å². The number of hydrogen-bond donors (Lipinski definition) is 1. The van der Waals surface area contributed by atoms with Gasteiger partial charge in [0.25, 0.3) is 0 Å². The van der Waals surface area contributed by atoms with Gasteiger partial charge in [-0.05, 0) is 25.3 Å². The Hall–Kier alpha value is -1.46. The quantitative estimate of drug-likeness (QED) is 0.885. The van der Waals surface area contributed by atoms with Gasteiger partial charge in [-0.1, -0.05) is 0 Å². The van der Waals surface area contributed by atoms with Crippen molar-refractivity contribution in [2.24, 2.45) is 7.05 Å². The predicted molar refractivity (Wildman–Crippen MR) is 60.7 cm³/mol. The third-order valence-corrected chi connectivity index (χ3v) is 3.82. The second-order valence-electron chi connectivity index (χ2n) is 5.04. The number of nitrogens with zero attached hydrogens (tertiary/aromatic N) is 2. The first-order valence-corrected chi connectivity index (χ1v) is 5.89. The normalized spacial score (nSPS) is 21.8. The summed E-state index contributed by atoms with van der Waals surface area (Å²) < 4.78 is 28.0. The zero-order valence-corrected chi connectivity index (χ0v) is 10.4. The number of aryl methyl sites for hydroxylation is 2. The van der Waals surface area contributed by atoms with Crippen molar-refractivity contribution in [2.45, 2.75) is 43.9 Å². The minimum absolute atomic E-state index is 0.0459. The minimum Gasteiger partial charge on any atom is -0.481 e. The highest BCUT2D eigenvalue weighted by Crippen LogP contribution is 2.46. The maximum atomic E-state index is 13.2. The molecule has 1 saturated carbocycles. The van der Waals surface area contributed by atoms with Crippen molar-refractivity contribution in [3.8, 4) is 0 Å². The van der Waals surface area contributed by atoms with Crippen molar-refractivity contribution in [3.05, 3.63) is 17.5 Å². The summed E-state index contributed by atoms with van der Waals surface area (Å²) in [5.41, 5.74) is 0.0624. The second kappa shape index (κ2) is 4.03. The molecule has 0 saturated heterocycles. The van der Waals surface area contributed by atoms with E-state index in [0.717, 1.165) is 5.56 Å². The third kappa shape index (κ3) is 1.89. The molecule has 1 aliphatic carbocycles. The second-order valence-corrected chi connectivity index (χ2v) is 5.04. The van der Waals surface area contributed by atoms with Gasteiger partial charge in [-0.3, -0.25) is 9.48 Å². The van der Waals surface area contributed by atoms with E-state index in [0.29, 0.717) is 5.69 Å². The van der Waals surface area contributed by atoms with E-state index in [1.165, 1.54) is 4.68 Å². The van der Waals surface area contributed by atoms with Crippen LogP contribution in [0.2, 0.25) is 0 Å². The molecule has 1 fully saturated rings. The Bertz CT molecular complexity index is 453. The number of alkyl halides is 2. The zero-order valence-electron chi connectivity index (χ0n) is 10.4. The van der Waals surface area contributed by atoms with E-state index < -0.39 is 17.3 Å². The smallest absolute Gasteiger partial charge is 0.315 e. The topological polar surface area (TPSA) is 55.1 Å². The van der Waals surface area contributed by atoms with Crippen LogP contribution in [0.3, 0.4) is 0 Å². The van der Waals surface area contributed by atoms with Crippen LogP contribution < -0.4 is 0 Å². The maximum absolute atomic E-state index is 13.2. The van der Waals surface area contributed by atoms with Crippen molar-refractivity contribution in [1.82, 2.24) is 9.78 Å². The molecule has 0 atom stereocenters. The van der Waals surface area contributed by atoms with Crippen LogP contribution in [0.5, 0.6) is 0 Å². The van der Waals surface area contributed by atoms with E-state index in [9.17, 15) is 18.7 Å². The minimum atomic E-state index is -2.74. The van der Waals surface area contributed by atoms with Crippen LogP contribution in [0.25, 0.3) is 0 Å². The highest BCUT2D eigenvalue weighted by atomic mass is 19.3. The first-order chi connectivity index (χ1) is 8.28. The number of aromatic nitrogens is 2. The summed E-state index contributed by atoms with van der Waals surface area (Å²) in [6.07, 6.45) is 0.714. The number of hydrogen-bond acceptors (Lipinski definition) is 2. The number of carbonyl (C=O) groups is 1. The molecule has 18 heavy (non-hydrogen) atoms. The first kappa shape index (κ1) is 13.0. The highest BCUT2D eigenvalue weighted by Gasteiger charge is 2.51. The van der Waals surface area contributed by atoms with E-state index in [4.69, 9.17) is 0 Å².